The van der Waals surface area contributed by atoms with Gasteiger partial charge < -0.3 is 21.1 Å². The van der Waals surface area contributed by atoms with Crippen LogP contribution in [-0.2, 0) is 0 Å². The van der Waals surface area contributed by atoms with Crippen molar-refractivity contribution in [2.24, 2.45) is 5.73 Å². The average molecular weight is 245 g/mol. The molecule has 92 valence electrons. The zero-order valence-electron chi connectivity index (χ0n) is 9.43. The minimum Gasteiger partial charge on any atom is -0.394 e. The van der Waals surface area contributed by atoms with Gasteiger partial charge in [-0.1, -0.05) is 24.3 Å². The Morgan fingerprint density at radius 2 is 1.56 bits per heavy atom. The van der Waals surface area contributed by atoms with E-state index in [1.165, 1.54) is 10.9 Å². The molecular formula is C11H20NO3P. The Morgan fingerprint density at radius 3 is 1.75 bits per heavy atom. The SMILES string of the molecule is Cc1ccccc1P.NC(CO)(CO)CO. The first-order valence-electron chi connectivity index (χ1n) is 4.91. The third kappa shape index (κ3) is 5.54. The van der Waals surface area contributed by atoms with Crippen LogP contribution in [0, 0.1) is 6.92 Å². The zero-order chi connectivity index (χ0) is 12.6. The molecule has 0 heterocycles. The van der Waals surface area contributed by atoms with E-state index in [4.69, 9.17) is 21.1 Å². The predicted molar refractivity (Wildman–Crippen MR) is 68.7 cm³/mol. The molecule has 0 spiro atoms. The Kier molecular flexibility index (Phi) is 7.47. The molecule has 0 radical (unpaired) electrons. The fourth-order valence-corrected chi connectivity index (χ4v) is 0.944. The summed E-state index contributed by atoms with van der Waals surface area (Å²) in [5.41, 5.74) is 5.27. The lowest BCUT2D eigenvalue weighted by molar-refractivity contribution is 0.0698. The summed E-state index contributed by atoms with van der Waals surface area (Å²) in [7, 11) is 2.69. The van der Waals surface area contributed by atoms with Crippen LogP contribution in [0.4, 0.5) is 0 Å². The van der Waals surface area contributed by atoms with Gasteiger partial charge in [-0.15, -0.1) is 9.24 Å². The molecule has 1 aromatic rings. The minimum absolute atomic E-state index is 0.403. The van der Waals surface area contributed by atoms with Crippen LogP contribution >= 0.6 is 9.24 Å². The molecule has 0 saturated carbocycles. The molecule has 1 unspecified atom stereocenters. The predicted octanol–water partition coefficient (Wildman–Crippen LogP) is -0.844. The summed E-state index contributed by atoms with van der Waals surface area (Å²) in [4.78, 5) is 0. The number of nitrogens with two attached hydrogens (primary N) is 1. The van der Waals surface area contributed by atoms with Gasteiger partial charge in [-0.2, -0.15) is 0 Å². The van der Waals surface area contributed by atoms with Gasteiger partial charge in [0.1, 0.15) is 0 Å². The van der Waals surface area contributed by atoms with E-state index in [1.54, 1.807) is 0 Å². The molecule has 0 aliphatic carbocycles. The van der Waals surface area contributed by atoms with Crippen LogP contribution in [0.15, 0.2) is 24.3 Å². The molecule has 1 atom stereocenters. The molecule has 0 bridgehead atoms. The van der Waals surface area contributed by atoms with Crippen LogP contribution in [-0.4, -0.2) is 40.7 Å². The van der Waals surface area contributed by atoms with Crippen LogP contribution < -0.4 is 11.0 Å². The first-order valence-corrected chi connectivity index (χ1v) is 5.49. The van der Waals surface area contributed by atoms with Crippen molar-refractivity contribution < 1.29 is 15.3 Å². The first kappa shape index (κ1) is 15.5. The number of benzene rings is 1. The summed E-state index contributed by atoms with van der Waals surface area (Å²) in [6.45, 7) is 0.891. The lowest BCUT2D eigenvalue weighted by Crippen LogP contribution is -2.50. The van der Waals surface area contributed by atoms with Crippen LogP contribution in [0.3, 0.4) is 0 Å². The van der Waals surface area contributed by atoms with Crippen molar-refractivity contribution in [1.29, 1.82) is 0 Å². The normalized spacial score (nSPS) is 10.6. The average Bonchev–Trinajstić information content (AvgIpc) is 2.33. The van der Waals surface area contributed by atoms with E-state index < -0.39 is 25.4 Å². The Hall–Kier alpha value is -0.510. The number of hydrogen-bond acceptors (Lipinski definition) is 4. The van der Waals surface area contributed by atoms with Crippen LogP contribution in [0.25, 0.3) is 0 Å². The second-order valence-electron chi connectivity index (χ2n) is 3.69. The highest BCUT2D eigenvalue weighted by atomic mass is 31.0. The van der Waals surface area contributed by atoms with Crippen LogP contribution in [0.2, 0.25) is 0 Å². The lowest BCUT2D eigenvalue weighted by Gasteiger charge is -2.20. The highest BCUT2D eigenvalue weighted by Gasteiger charge is 2.20. The summed E-state index contributed by atoms with van der Waals surface area (Å²) < 4.78 is 0. The molecule has 1 rings (SSSR count). The van der Waals surface area contributed by atoms with E-state index in [9.17, 15) is 0 Å². The topological polar surface area (TPSA) is 86.7 Å². The van der Waals surface area contributed by atoms with Gasteiger partial charge in [0.2, 0.25) is 0 Å². The van der Waals surface area contributed by atoms with E-state index in [-0.39, 0.29) is 0 Å². The maximum Gasteiger partial charge on any atom is 0.0856 e. The van der Waals surface area contributed by atoms with Gasteiger partial charge in [0.05, 0.1) is 25.4 Å². The second-order valence-corrected chi connectivity index (χ2v) is 4.32. The van der Waals surface area contributed by atoms with Gasteiger partial charge in [-0.25, -0.2) is 0 Å². The van der Waals surface area contributed by atoms with Gasteiger partial charge in [-0.05, 0) is 17.8 Å². The highest BCUT2D eigenvalue weighted by molar-refractivity contribution is 7.27. The van der Waals surface area contributed by atoms with Crippen molar-refractivity contribution in [3.8, 4) is 0 Å². The van der Waals surface area contributed by atoms with Gasteiger partial charge in [0, 0.05) is 0 Å². The summed E-state index contributed by atoms with van der Waals surface area (Å²) in [6, 6.07) is 8.26. The molecule has 0 aromatic heterocycles. The number of rotatable bonds is 3. The number of aliphatic hydroxyl groups is 3. The molecule has 5 N–H and O–H groups in total. The van der Waals surface area contributed by atoms with Crippen molar-refractivity contribution in [1.82, 2.24) is 0 Å². The van der Waals surface area contributed by atoms with E-state index in [1.807, 2.05) is 12.1 Å². The number of aliphatic hydroxyl groups excluding tert-OH is 3. The molecule has 16 heavy (non-hydrogen) atoms. The fourth-order valence-electron chi connectivity index (χ4n) is 0.737. The standard InChI is InChI=1S/C7H9P.C4H11NO3/c1-6-4-2-3-5-7(6)8;5-4(1-6,2-7)3-8/h2-5H,8H2,1H3;6-8H,1-3,5H2. The summed E-state index contributed by atoms with van der Waals surface area (Å²) >= 11 is 0. The Morgan fingerprint density at radius 1 is 1.12 bits per heavy atom. The van der Waals surface area contributed by atoms with Gasteiger partial charge >= 0.3 is 0 Å². The molecule has 5 heteroatoms. The van der Waals surface area contributed by atoms with Crippen molar-refractivity contribution >= 4 is 14.5 Å². The van der Waals surface area contributed by atoms with Gasteiger partial charge in [-0.3, -0.25) is 0 Å². The van der Waals surface area contributed by atoms with E-state index >= 15 is 0 Å². The number of aryl methyl sites for hydroxylation is 1. The minimum atomic E-state index is -1.21. The summed E-state index contributed by atoms with van der Waals surface area (Å²) in [5.74, 6) is 0. The Labute approximate surface area is 98.3 Å². The molecular weight excluding hydrogens is 225 g/mol. The summed E-state index contributed by atoms with van der Waals surface area (Å²) in [5, 5.41) is 26.3. The first-order chi connectivity index (χ1) is 7.49. The second kappa shape index (κ2) is 7.71. The Bertz CT molecular complexity index is 274. The number of hydrogen-bond donors (Lipinski definition) is 4. The molecule has 0 fully saturated rings. The third-order valence-electron chi connectivity index (χ3n) is 2.13. The van der Waals surface area contributed by atoms with E-state index in [2.05, 4.69) is 28.3 Å². The van der Waals surface area contributed by atoms with Crippen LogP contribution in [0.5, 0.6) is 0 Å². The van der Waals surface area contributed by atoms with E-state index in [0.29, 0.717) is 0 Å². The highest BCUT2D eigenvalue weighted by Crippen LogP contribution is 1.96. The van der Waals surface area contributed by atoms with E-state index in [0.717, 1.165) is 0 Å². The van der Waals surface area contributed by atoms with Crippen molar-refractivity contribution in [3.63, 3.8) is 0 Å². The lowest BCUT2D eigenvalue weighted by atomic mass is 10.1. The molecule has 0 amide bonds. The maximum absolute atomic E-state index is 8.34. The quantitative estimate of drug-likeness (QED) is 0.523. The largest absolute Gasteiger partial charge is 0.394 e. The molecule has 0 aliphatic rings. The smallest absolute Gasteiger partial charge is 0.0856 e. The molecule has 0 aliphatic heterocycles. The van der Waals surface area contributed by atoms with Crippen LogP contribution in [0.1, 0.15) is 5.56 Å². The van der Waals surface area contributed by atoms with Crippen molar-refractivity contribution in [2.75, 3.05) is 19.8 Å². The fraction of sp³-hybridized carbons (Fsp3) is 0.455. The van der Waals surface area contributed by atoms with Gasteiger partial charge in [0.25, 0.3) is 0 Å². The Balaban J connectivity index is 0.000000281. The van der Waals surface area contributed by atoms with Gasteiger partial charge in [0.15, 0.2) is 0 Å². The summed E-state index contributed by atoms with van der Waals surface area (Å²) in [6.07, 6.45) is 0. The monoisotopic (exact) mass is 245 g/mol. The zero-order valence-corrected chi connectivity index (χ0v) is 10.6. The van der Waals surface area contributed by atoms with Crippen molar-refractivity contribution in [3.05, 3.63) is 29.8 Å². The third-order valence-corrected chi connectivity index (χ3v) is 2.78. The van der Waals surface area contributed by atoms with Crippen molar-refractivity contribution in [2.45, 2.75) is 12.5 Å². The molecule has 4 nitrogen and oxygen atoms in total. The molecule has 1 aromatic carbocycles. The maximum atomic E-state index is 8.34. The molecule has 0 saturated heterocycles.